The maximum absolute atomic E-state index is 2.27. The highest BCUT2D eigenvalue weighted by atomic mass is 13.9. The third kappa shape index (κ3) is 1.97. The van der Waals surface area contributed by atoms with Gasteiger partial charge in [-0.15, -0.1) is 0 Å². The highest BCUT2D eigenvalue weighted by molar-refractivity contribution is 4.95. The van der Waals surface area contributed by atoms with Gasteiger partial charge in [-0.1, -0.05) is 24.3 Å². The summed E-state index contributed by atoms with van der Waals surface area (Å²) in [4.78, 5) is 0. The molecule has 0 saturated heterocycles. The molecule has 44 valence electrons. The molecule has 0 fully saturated rings. The van der Waals surface area contributed by atoms with Crippen LogP contribution in [0.25, 0.3) is 0 Å². The molecule has 0 spiro atoms. The Hall–Kier alpha value is -0.520. The van der Waals surface area contributed by atoms with Crippen molar-refractivity contribution in [3.8, 4) is 0 Å². The molecule has 1 aliphatic carbocycles. The summed E-state index contributed by atoms with van der Waals surface area (Å²) in [7, 11) is 0. The zero-order chi connectivity index (χ0) is 5.66. The number of hydrogen-bond acceptors (Lipinski definition) is 0. The van der Waals surface area contributed by atoms with Crippen molar-refractivity contribution in [3.05, 3.63) is 24.3 Å². The van der Waals surface area contributed by atoms with Crippen LogP contribution in [0, 0.1) is 0 Å². The summed E-state index contributed by atoms with van der Waals surface area (Å²) in [5.41, 5.74) is 0. The van der Waals surface area contributed by atoms with Gasteiger partial charge in [0.1, 0.15) is 0 Å². The van der Waals surface area contributed by atoms with Gasteiger partial charge >= 0.3 is 0 Å². The highest BCUT2D eigenvalue weighted by Gasteiger charge is 1.82. The van der Waals surface area contributed by atoms with E-state index in [0.717, 1.165) is 6.42 Å². The van der Waals surface area contributed by atoms with Crippen LogP contribution < -0.4 is 0 Å². The fourth-order valence-electron chi connectivity index (χ4n) is 0.860. The Morgan fingerprint density at radius 3 is 2.00 bits per heavy atom. The Balaban J connectivity index is 2.31. The predicted octanol–water partition coefficient (Wildman–Crippen LogP) is 2.67. The molecule has 1 rings (SSSR count). The third-order valence-corrected chi connectivity index (χ3v) is 1.35. The molecule has 0 aliphatic heterocycles. The van der Waals surface area contributed by atoms with Crippen LogP contribution in [-0.4, -0.2) is 0 Å². The van der Waals surface area contributed by atoms with Gasteiger partial charge < -0.3 is 0 Å². The Kier molecular flexibility index (Phi) is 2.44. The lowest BCUT2D eigenvalue weighted by Crippen LogP contribution is -1.72. The van der Waals surface area contributed by atoms with Crippen LogP contribution in [0.5, 0.6) is 0 Å². The fraction of sp³-hybridized carbons (Fsp3) is 0.500. The SMILES string of the molecule is C1=C\CCC/C=C/C/1. The van der Waals surface area contributed by atoms with Gasteiger partial charge in [-0.3, -0.25) is 0 Å². The van der Waals surface area contributed by atoms with E-state index in [-0.39, 0.29) is 0 Å². The number of hydrogen-bond donors (Lipinski definition) is 0. The van der Waals surface area contributed by atoms with Crippen molar-refractivity contribution < 1.29 is 0 Å². The second kappa shape index (κ2) is 3.48. The van der Waals surface area contributed by atoms with E-state index < -0.39 is 0 Å². The van der Waals surface area contributed by atoms with Gasteiger partial charge in [0, 0.05) is 0 Å². The highest BCUT2D eigenvalue weighted by Crippen LogP contribution is 2.02. The Morgan fingerprint density at radius 1 is 0.750 bits per heavy atom. The Morgan fingerprint density at radius 2 is 1.38 bits per heavy atom. The molecule has 0 bridgehead atoms. The zero-order valence-electron chi connectivity index (χ0n) is 5.14. The molecule has 0 heterocycles. The van der Waals surface area contributed by atoms with Crippen LogP contribution in [0.3, 0.4) is 0 Å². The van der Waals surface area contributed by atoms with Gasteiger partial charge in [-0.05, 0) is 25.7 Å². The largest absolute Gasteiger partial charge is 0.0882 e. The summed E-state index contributed by atoms with van der Waals surface area (Å²) in [6, 6.07) is 0. The van der Waals surface area contributed by atoms with Crippen LogP contribution in [0.15, 0.2) is 24.3 Å². The van der Waals surface area contributed by atoms with Crippen LogP contribution in [-0.2, 0) is 0 Å². The van der Waals surface area contributed by atoms with Gasteiger partial charge in [-0.2, -0.15) is 0 Å². The molecule has 0 aromatic rings. The molecule has 8 heavy (non-hydrogen) atoms. The van der Waals surface area contributed by atoms with Crippen molar-refractivity contribution in [2.24, 2.45) is 0 Å². The maximum atomic E-state index is 2.27. The van der Waals surface area contributed by atoms with Crippen molar-refractivity contribution in [1.29, 1.82) is 0 Å². The fourth-order valence-corrected chi connectivity index (χ4v) is 0.860. The first-order valence-corrected chi connectivity index (χ1v) is 3.30. The van der Waals surface area contributed by atoms with Gasteiger partial charge in [0.05, 0.1) is 0 Å². The average Bonchev–Trinajstić information content (AvgIpc) is 1.62. The quantitative estimate of drug-likeness (QED) is 0.418. The smallest absolute Gasteiger partial charge is 0.0169 e. The lowest BCUT2D eigenvalue weighted by Gasteiger charge is -1.93. The van der Waals surface area contributed by atoms with E-state index in [4.69, 9.17) is 0 Å². The van der Waals surface area contributed by atoms with Crippen molar-refractivity contribution in [2.45, 2.75) is 25.7 Å². The first kappa shape index (κ1) is 5.61. The topological polar surface area (TPSA) is 0 Å². The minimum atomic E-state index is 1.14. The van der Waals surface area contributed by atoms with Crippen molar-refractivity contribution >= 4 is 0 Å². The van der Waals surface area contributed by atoms with Crippen LogP contribution in [0.2, 0.25) is 0 Å². The molecule has 0 N–H and O–H groups in total. The van der Waals surface area contributed by atoms with Crippen molar-refractivity contribution in [2.75, 3.05) is 0 Å². The summed E-state index contributed by atoms with van der Waals surface area (Å²) >= 11 is 0. The molecule has 1 aliphatic rings. The van der Waals surface area contributed by atoms with E-state index in [1.54, 1.807) is 0 Å². The Labute approximate surface area is 50.9 Å². The second-order valence-corrected chi connectivity index (χ2v) is 2.11. The molecule has 0 saturated carbocycles. The average molecular weight is 108 g/mol. The summed E-state index contributed by atoms with van der Waals surface area (Å²) in [6.45, 7) is 0. The first-order chi connectivity index (χ1) is 4.00. The van der Waals surface area contributed by atoms with Crippen LogP contribution >= 0.6 is 0 Å². The standard InChI is InChI=1S/C8H12/c1-2-4-6-8-7-5-3-1/h1-2,5,7H,3-4,6,8H2/b2-1-,7-5+. The van der Waals surface area contributed by atoms with Crippen LogP contribution in [0.1, 0.15) is 25.7 Å². The zero-order valence-corrected chi connectivity index (χ0v) is 5.14. The van der Waals surface area contributed by atoms with E-state index >= 15 is 0 Å². The molecule has 0 atom stereocenters. The number of rotatable bonds is 0. The lowest BCUT2D eigenvalue weighted by atomic mass is 10.1. The lowest BCUT2D eigenvalue weighted by molar-refractivity contribution is 0.857. The Bertz CT molecular complexity index is 86.6. The van der Waals surface area contributed by atoms with E-state index in [0.29, 0.717) is 0 Å². The van der Waals surface area contributed by atoms with E-state index in [1.165, 1.54) is 19.3 Å². The van der Waals surface area contributed by atoms with Gasteiger partial charge in [0.25, 0.3) is 0 Å². The van der Waals surface area contributed by atoms with E-state index in [1.807, 2.05) is 0 Å². The van der Waals surface area contributed by atoms with E-state index in [9.17, 15) is 0 Å². The molecule has 0 aromatic carbocycles. The normalized spacial score (nSPS) is 28.0. The third-order valence-electron chi connectivity index (χ3n) is 1.35. The second-order valence-electron chi connectivity index (χ2n) is 2.11. The molecule has 0 aromatic heterocycles. The molecule has 0 amide bonds. The minimum Gasteiger partial charge on any atom is -0.0882 e. The molecular weight excluding hydrogens is 96.1 g/mol. The van der Waals surface area contributed by atoms with Crippen LogP contribution in [0.4, 0.5) is 0 Å². The molecule has 0 radical (unpaired) electrons. The minimum absolute atomic E-state index is 1.14. The maximum Gasteiger partial charge on any atom is -0.0169 e. The van der Waals surface area contributed by atoms with E-state index in [2.05, 4.69) is 24.3 Å². The van der Waals surface area contributed by atoms with Gasteiger partial charge in [0.2, 0.25) is 0 Å². The van der Waals surface area contributed by atoms with Crippen molar-refractivity contribution in [3.63, 3.8) is 0 Å². The summed E-state index contributed by atoms with van der Waals surface area (Å²) < 4.78 is 0. The molecule has 0 unspecified atom stereocenters. The summed E-state index contributed by atoms with van der Waals surface area (Å²) in [6.07, 6.45) is 14.0. The summed E-state index contributed by atoms with van der Waals surface area (Å²) in [5, 5.41) is 0. The number of allylic oxidation sites excluding steroid dienone is 4. The summed E-state index contributed by atoms with van der Waals surface area (Å²) in [5.74, 6) is 0. The molecule has 0 heteroatoms. The first-order valence-electron chi connectivity index (χ1n) is 3.30. The van der Waals surface area contributed by atoms with Gasteiger partial charge in [-0.25, -0.2) is 0 Å². The molecular formula is C8H12. The molecule has 0 nitrogen and oxygen atoms in total. The van der Waals surface area contributed by atoms with Gasteiger partial charge in [0.15, 0.2) is 0 Å². The monoisotopic (exact) mass is 108 g/mol. The van der Waals surface area contributed by atoms with Crippen molar-refractivity contribution in [1.82, 2.24) is 0 Å². The predicted molar refractivity (Wildman–Crippen MR) is 36.7 cm³/mol.